The van der Waals surface area contributed by atoms with E-state index in [0.29, 0.717) is 33.9 Å². The van der Waals surface area contributed by atoms with Gasteiger partial charge >= 0.3 is 0 Å². The van der Waals surface area contributed by atoms with Crippen LogP contribution in [0.5, 0.6) is 11.5 Å². The number of rotatable bonds is 8. The largest absolute Gasteiger partial charge is 0.497 e. The fourth-order valence-corrected chi connectivity index (χ4v) is 3.31. The molecule has 4 aromatic rings. The Kier molecular flexibility index (Phi) is 6.75. The summed E-state index contributed by atoms with van der Waals surface area (Å²) in [5.41, 5.74) is 3.09. The molecular formula is C27H22N2O4. The Bertz CT molecular complexity index is 1270. The molecular weight excluding hydrogens is 416 g/mol. The first-order valence-electron chi connectivity index (χ1n) is 10.3. The van der Waals surface area contributed by atoms with Crippen molar-refractivity contribution < 1.29 is 18.7 Å². The van der Waals surface area contributed by atoms with Gasteiger partial charge in [0.2, 0.25) is 0 Å². The number of hydrogen-bond acceptors (Lipinski definition) is 6. The third-order valence-electron chi connectivity index (χ3n) is 5.03. The predicted molar refractivity (Wildman–Crippen MR) is 128 cm³/mol. The van der Waals surface area contributed by atoms with Crippen LogP contribution in [0.25, 0.3) is 0 Å². The molecule has 0 unspecified atom stereocenters. The first kappa shape index (κ1) is 21.8. The number of benzene rings is 3. The molecule has 0 spiro atoms. The zero-order valence-corrected chi connectivity index (χ0v) is 18.3. The molecule has 0 bridgehead atoms. The predicted octanol–water partition coefficient (Wildman–Crippen LogP) is 5.40. The average molecular weight is 438 g/mol. The topological polar surface area (TPSA) is 73.4 Å². The monoisotopic (exact) mass is 438 g/mol. The molecule has 4 rings (SSSR count). The van der Waals surface area contributed by atoms with Gasteiger partial charge in [0.1, 0.15) is 23.0 Å². The molecule has 6 heteroatoms. The zero-order valence-electron chi connectivity index (χ0n) is 18.3. The molecule has 1 aromatic heterocycles. The second-order valence-corrected chi connectivity index (χ2v) is 7.04. The van der Waals surface area contributed by atoms with Crippen LogP contribution in [0.3, 0.4) is 0 Å². The van der Waals surface area contributed by atoms with E-state index >= 15 is 0 Å². The summed E-state index contributed by atoms with van der Waals surface area (Å²) in [4.78, 5) is 13.4. The fourth-order valence-electron chi connectivity index (χ4n) is 3.31. The van der Waals surface area contributed by atoms with E-state index in [0.717, 1.165) is 11.3 Å². The number of ketones is 1. The van der Waals surface area contributed by atoms with Gasteiger partial charge in [0, 0.05) is 22.3 Å². The van der Waals surface area contributed by atoms with E-state index in [1.807, 2.05) is 42.5 Å². The minimum absolute atomic E-state index is 0.121. The van der Waals surface area contributed by atoms with Gasteiger partial charge < -0.3 is 13.9 Å². The Labute approximate surface area is 191 Å². The van der Waals surface area contributed by atoms with Crippen molar-refractivity contribution in [3.63, 3.8) is 0 Å². The second kappa shape index (κ2) is 10.2. The normalized spacial score (nSPS) is 11.5. The van der Waals surface area contributed by atoms with Crippen LogP contribution in [0, 0.1) is 0 Å². The van der Waals surface area contributed by atoms with Crippen molar-refractivity contribution in [2.24, 2.45) is 10.2 Å². The molecule has 0 aliphatic rings. The molecule has 0 atom stereocenters. The third kappa shape index (κ3) is 5.07. The van der Waals surface area contributed by atoms with Crippen LogP contribution in [-0.2, 0) is 0 Å². The number of ether oxygens (including phenoxy) is 2. The van der Waals surface area contributed by atoms with E-state index in [4.69, 9.17) is 13.9 Å². The van der Waals surface area contributed by atoms with Crippen LogP contribution in [-0.4, -0.2) is 31.9 Å². The lowest BCUT2D eigenvalue weighted by Crippen LogP contribution is -2.12. The lowest BCUT2D eigenvalue weighted by molar-refractivity contribution is 0.103. The van der Waals surface area contributed by atoms with Gasteiger partial charge in [-0.05, 0) is 60.7 Å². The Balaban J connectivity index is 1.78. The molecule has 0 N–H and O–H groups in total. The summed E-state index contributed by atoms with van der Waals surface area (Å²) in [5.74, 6) is 1.87. The van der Waals surface area contributed by atoms with E-state index in [1.165, 1.54) is 6.21 Å². The molecule has 0 saturated heterocycles. The van der Waals surface area contributed by atoms with Gasteiger partial charge in [0.15, 0.2) is 5.78 Å². The number of carbonyl (C=O) groups is 1. The highest BCUT2D eigenvalue weighted by molar-refractivity contribution is 6.21. The molecule has 0 fully saturated rings. The van der Waals surface area contributed by atoms with E-state index in [2.05, 4.69) is 10.2 Å². The molecule has 0 aliphatic heterocycles. The quantitative estimate of drug-likeness (QED) is 0.210. The minimum Gasteiger partial charge on any atom is -0.497 e. The molecule has 164 valence electrons. The van der Waals surface area contributed by atoms with Gasteiger partial charge in [-0.2, -0.15) is 5.10 Å². The summed E-state index contributed by atoms with van der Waals surface area (Å²) in [6, 6.07) is 25.4. The van der Waals surface area contributed by atoms with Crippen LogP contribution in [0.1, 0.15) is 32.8 Å². The van der Waals surface area contributed by atoms with Crippen LogP contribution in [0.4, 0.5) is 0 Å². The van der Waals surface area contributed by atoms with Gasteiger partial charge in [-0.1, -0.05) is 24.3 Å². The van der Waals surface area contributed by atoms with Crippen molar-refractivity contribution in [1.82, 2.24) is 0 Å². The summed E-state index contributed by atoms with van der Waals surface area (Å²) < 4.78 is 15.8. The Morgan fingerprint density at radius 3 is 1.94 bits per heavy atom. The minimum atomic E-state index is -0.121. The van der Waals surface area contributed by atoms with Crippen molar-refractivity contribution in [2.45, 2.75) is 0 Å². The standard InChI is InChI=1S/C27H22N2O4/c1-31-21-13-9-19(10-14-21)26(29-28-18-23-6-5-17-33-23)24-7-3-4-8-25(24)27(30)20-11-15-22(32-2)16-12-20/h3-18H,1-2H3/b28-18+,29-26+. The molecule has 0 amide bonds. The number of methoxy groups -OCH3 is 2. The van der Waals surface area contributed by atoms with Crippen molar-refractivity contribution in [3.05, 3.63) is 119 Å². The second-order valence-electron chi connectivity index (χ2n) is 7.04. The van der Waals surface area contributed by atoms with Crippen molar-refractivity contribution >= 4 is 17.7 Å². The van der Waals surface area contributed by atoms with Crippen molar-refractivity contribution in [2.75, 3.05) is 14.2 Å². The van der Waals surface area contributed by atoms with E-state index in [1.54, 1.807) is 62.9 Å². The first-order valence-corrected chi connectivity index (χ1v) is 10.3. The maximum Gasteiger partial charge on any atom is 0.193 e. The van der Waals surface area contributed by atoms with Crippen molar-refractivity contribution in [1.29, 1.82) is 0 Å². The number of hydrogen-bond donors (Lipinski definition) is 0. The van der Waals surface area contributed by atoms with E-state index < -0.39 is 0 Å². The molecule has 0 saturated carbocycles. The van der Waals surface area contributed by atoms with Gasteiger partial charge in [-0.15, -0.1) is 5.10 Å². The number of furan rings is 1. The molecule has 6 nitrogen and oxygen atoms in total. The molecule has 1 heterocycles. The molecule has 0 radical (unpaired) electrons. The van der Waals surface area contributed by atoms with Crippen molar-refractivity contribution in [3.8, 4) is 11.5 Å². The van der Waals surface area contributed by atoms with E-state index in [9.17, 15) is 4.79 Å². The number of nitrogens with zero attached hydrogens (tertiary/aromatic N) is 2. The molecule has 3 aromatic carbocycles. The summed E-state index contributed by atoms with van der Waals surface area (Å²) in [6.45, 7) is 0. The van der Waals surface area contributed by atoms with Crippen LogP contribution in [0.2, 0.25) is 0 Å². The molecule has 33 heavy (non-hydrogen) atoms. The average Bonchev–Trinajstić information content (AvgIpc) is 3.40. The van der Waals surface area contributed by atoms with Gasteiger partial charge in [-0.3, -0.25) is 4.79 Å². The van der Waals surface area contributed by atoms with Gasteiger partial charge in [0.25, 0.3) is 0 Å². The summed E-state index contributed by atoms with van der Waals surface area (Å²) in [6.07, 6.45) is 3.09. The summed E-state index contributed by atoms with van der Waals surface area (Å²) >= 11 is 0. The zero-order chi connectivity index (χ0) is 23.0. The first-order chi connectivity index (χ1) is 16.2. The highest BCUT2D eigenvalue weighted by Gasteiger charge is 2.18. The fraction of sp³-hybridized carbons (Fsp3) is 0.0741. The lowest BCUT2D eigenvalue weighted by atomic mass is 9.93. The van der Waals surface area contributed by atoms with Gasteiger partial charge in [0.05, 0.1) is 26.7 Å². The Morgan fingerprint density at radius 2 is 1.36 bits per heavy atom. The van der Waals surface area contributed by atoms with Crippen LogP contribution < -0.4 is 9.47 Å². The summed E-state index contributed by atoms with van der Waals surface area (Å²) in [5, 5.41) is 8.69. The Hall–Kier alpha value is -4.45. The van der Waals surface area contributed by atoms with Crippen LogP contribution >= 0.6 is 0 Å². The highest BCUT2D eigenvalue weighted by atomic mass is 16.5. The van der Waals surface area contributed by atoms with Crippen LogP contribution in [0.15, 0.2) is 106 Å². The third-order valence-corrected chi connectivity index (χ3v) is 5.03. The maximum atomic E-state index is 13.4. The number of carbonyl (C=O) groups excluding carboxylic acids is 1. The lowest BCUT2D eigenvalue weighted by Gasteiger charge is -2.12. The Morgan fingerprint density at radius 1 is 0.758 bits per heavy atom. The SMILES string of the molecule is COc1ccc(C(=O)c2ccccc2/C(=N/N=C/c2ccco2)c2ccc(OC)cc2)cc1. The molecule has 0 aliphatic carbocycles. The van der Waals surface area contributed by atoms with Gasteiger partial charge in [-0.25, -0.2) is 0 Å². The summed E-state index contributed by atoms with van der Waals surface area (Å²) in [7, 11) is 3.20. The van der Waals surface area contributed by atoms with E-state index in [-0.39, 0.29) is 5.78 Å². The smallest absolute Gasteiger partial charge is 0.193 e. The highest BCUT2D eigenvalue weighted by Crippen LogP contribution is 2.22. The maximum absolute atomic E-state index is 13.4.